The number of carbonyl (C=O) groups is 1. The van der Waals surface area contributed by atoms with Gasteiger partial charge in [-0.25, -0.2) is 4.98 Å². The van der Waals surface area contributed by atoms with Crippen molar-refractivity contribution >= 4 is 22.4 Å². The Bertz CT molecular complexity index is 1120. The Balaban J connectivity index is 1.51. The Kier molecular flexibility index (Phi) is 5.04. The lowest BCUT2D eigenvalue weighted by Gasteiger charge is -2.06. The van der Waals surface area contributed by atoms with Crippen LogP contribution < -0.4 is 5.32 Å². The third-order valence-electron chi connectivity index (χ3n) is 4.65. The molecular formula is C24H20N2OS. The van der Waals surface area contributed by atoms with E-state index in [1.807, 2.05) is 55.6 Å². The van der Waals surface area contributed by atoms with E-state index in [2.05, 4.69) is 46.7 Å². The molecule has 0 spiro atoms. The summed E-state index contributed by atoms with van der Waals surface area (Å²) in [5.41, 5.74) is 6.95. The second kappa shape index (κ2) is 7.79. The van der Waals surface area contributed by atoms with Crippen LogP contribution in [0, 0.1) is 13.8 Å². The second-order valence-corrected chi connectivity index (χ2v) is 7.61. The summed E-state index contributed by atoms with van der Waals surface area (Å²) in [5, 5.41) is 5.50. The summed E-state index contributed by atoms with van der Waals surface area (Å²) in [7, 11) is 0. The topological polar surface area (TPSA) is 42.0 Å². The molecule has 4 rings (SSSR count). The second-order valence-electron chi connectivity index (χ2n) is 6.75. The van der Waals surface area contributed by atoms with Gasteiger partial charge in [-0.15, -0.1) is 11.3 Å². The van der Waals surface area contributed by atoms with Crippen molar-refractivity contribution < 1.29 is 4.79 Å². The number of aromatic nitrogens is 1. The molecule has 1 aromatic heterocycles. The van der Waals surface area contributed by atoms with Gasteiger partial charge in [0.15, 0.2) is 5.13 Å². The summed E-state index contributed by atoms with van der Waals surface area (Å²) in [4.78, 5) is 17.2. The van der Waals surface area contributed by atoms with E-state index in [0.29, 0.717) is 10.7 Å². The normalized spacial score (nSPS) is 10.6. The van der Waals surface area contributed by atoms with Gasteiger partial charge >= 0.3 is 0 Å². The molecule has 0 aliphatic heterocycles. The zero-order valence-electron chi connectivity index (χ0n) is 15.8. The van der Waals surface area contributed by atoms with E-state index in [-0.39, 0.29) is 5.91 Å². The molecule has 0 bridgehead atoms. The highest BCUT2D eigenvalue weighted by Gasteiger charge is 2.12. The third kappa shape index (κ3) is 3.87. The molecule has 0 saturated carbocycles. The van der Waals surface area contributed by atoms with Crippen molar-refractivity contribution in [2.24, 2.45) is 0 Å². The molecule has 28 heavy (non-hydrogen) atoms. The molecule has 3 nitrogen and oxygen atoms in total. The predicted molar refractivity (Wildman–Crippen MR) is 117 cm³/mol. The summed E-state index contributed by atoms with van der Waals surface area (Å²) in [6.07, 6.45) is 0. The maximum atomic E-state index is 12.6. The maximum absolute atomic E-state index is 12.6. The summed E-state index contributed by atoms with van der Waals surface area (Å²) in [6, 6.07) is 24.5. The molecular weight excluding hydrogens is 364 g/mol. The van der Waals surface area contributed by atoms with Crippen LogP contribution in [0.5, 0.6) is 0 Å². The van der Waals surface area contributed by atoms with Gasteiger partial charge in [0.2, 0.25) is 0 Å². The minimum atomic E-state index is -0.124. The van der Waals surface area contributed by atoms with Gasteiger partial charge in [-0.3, -0.25) is 10.1 Å². The maximum Gasteiger partial charge on any atom is 0.257 e. The van der Waals surface area contributed by atoms with Crippen molar-refractivity contribution in [3.05, 3.63) is 94.9 Å². The van der Waals surface area contributed by atoms with Gasteiger partial charge in [0.25, 0.3) is 5.91 Å². The van der Waals surface area contributed by atoms with Gasteiger partial charge in [0.05, 0.1) is 5.69 Å². The molecule has 138 valence electrons. The van der Waals surface area contributed by atoms with E-state index < -0.39 is 0 Å². The van der Waals surface area contributed by atoms with Crippen LogP contribution >= 0.6 is 11.3 Å². The van der Waals surface area contributed by atoms with Crippen LogP contribution in [0.15, 0.2) is 78.2 Å². The quantitative estimate of drug-likeness (QED) is 0.446. The largest absolute Gasteiger partial charge is 0.298 e. The van der Waals surface area contributed by atoms with E-state index in [1.54, 1.807) is 0 Å². The average molecular weight is 385 g/mol. The van der Waals surface area contributed by atoms with Gasteiger partial charge in [-0.2, -0.15) is 0 Å². The summed E-state index contributed by atoms with van der Waals surface area (Å²) >= 11 is 1.43. The van der Waals surface area contributed by atoms with Crippen LogP contribution in [0.2, 0.25) is 0 Å². The molecule has 0 saturated heterocycles. The molecule has 0 unspecified atom stereocenters. The predicted octanol–water partition coefficient (Wildman–Crippen LogP) is 6.35. The first-order chi connectivity index (χ1) is 13.6. The fourth-order valence-corrected chi connectivity index (χ4v) is 3.79. The number of hydrogen-bond donors (Lipinski definition) is 1. The molecule has 1 heterocycles. The highest BCUT2D eigenvalue weighted by molar-refractivity contribution is 7.14. The molecule has 4 heteroatoms. The smallest absolute Gasteiger partial charge is 0.257 e. The first kappa shape index (κ1) is 18.1. The Morgan fingerprint density at radius 1 is 0.857 bits per heavy atom. The fourth-order valence-electron chi connectivity index (χ4n) is 3.07. The summed E-state index contributed by atoms with van der Waals surface area (Å²) < 4.78 is 0. The lowest BCUT2D eigenvalue weighted by atomic mass is 10.0. The minimum absolute atomic E-state index is 0.124. The molecule has 0 aliphatic rings. The molecule has 0 fully saturated rings. The number of carbonyl (C=O) groups excluding carboxylic acids is 1. The van der Waals surface area contributed by atoms with Gasteiger partial charge in [-0.1, -0.05) is 72.3 Å². The molecule has 0 radical (unpaired) electrons. The van der Waals surface area contributed by atoms with E-state index >= 15 is 0 Å². The molecule has 1 amide bonds. The zero-order chi connectivity index (χ0) is 19.5. The number of benzene rings is 3. The van der Waals surface area contributed by atoms with Crippen molar-refractivity contribution in [2.45, 2.75) is 13.8 Å². The lowest BCUT2D eigenvalue weighted by molar-refractivity contribution is 0.102. The number of thiazole rings is 1. The standard InChI is InChI=1S/C24H20N2OS/c1-16-8-9-17(2)21(14-16)23(27)26-24-25-22(15-28-24)20-12-10-19(11-13-20)18-6-4-3-5-7-18/h3-15H,1-2H3,(H,25,26,27). The fraction of sp³-hybridized carbons (Fsp3) is 0.0833. The van der Waals surface area contributed by atoms with E-state index in [0.717, 1.165) is 22.4 Å². The van der Waals surface area contributed by atoms with Gasteiger partial charge in [0.1, 0.15) is 0 Å². The van der Waals surface area contributed by atoms with Gasteiger partial charge in [0, 0.05) is 16.5 Å². The average Bonchev–Trinajstić information content (AvgIpc) is 3.19. The van der Waals surface area contributed by atoms with Crippen molar-refractivity contribution in [1.29, 1.82) is 0 Å². The Morgan fingerprint density at radius 3 is 2.29 bits per heavy atom. The van der Waals surface area contributed by atoms with Crippen LogP contribution in [0.1, 0.15) is 21.5 Å². The summed E-state index contributed by atoms with van der Waals surface area (Å²) in [5.74, 6) is -0.124. The summed E-state index contributed by atoms with van der Waals surface area (Å²) in [6.45, 7) is 3.92. The van der Waals surface area contributed by atoms with E-state index in [9.17, 15) is 4.79 Å². The Hall–Kier alpha value is -3.24. The van der Waals surface area contributed by atoms with Crippen LogP contribution in [0.25, 0.3) is 22.4 Å². The molecule has 1 N–H and O–H groups in total. The number of anilines is 1. The number of hydrogen-bond acceptors (Lipinski definition) is 3. The van der Waals surface area contributed by atoms with Crippen molar-refractivity contribution in [2.75, 3.05) is 5.32 Å². The van der Waals surface area contributed by atoms with Crippen LogP contribution in [-0.2, 0) is 0 Å². The zero-order valence-corrected chi connectivity index (χ0v) is 16.6. The minimum Gasteiger partial charge on any atom is -0.298 e. The van der Waals surface area contributed by atoms with Crippen LogP contribution in [0.4, 0.5) is 5.13 Å². The first-order valence-electron chi connectivity index (χ1n) is 9.10. The lowest BCUT2D eigenvalue weighted by Crippen LogP contribution is -2.13. The van der Waals surface area contributed by atoms with E-state index in [1.165, 1.54) is 22.5 Å². The number of rotatable bonds is 4. The third-order valence-corrected chi connectivity index (χ3v) is 5.41. The number of nitrogens with one attached hydrogen (secondary N) is 1. The highest BCUT2D eigenvalue weighted by atomic mass is 32.1. The number of nitrogens with zero attached hydrogens (tertiary/aromatic N) is 1. The highest BCUT2D eigenvalue weighted by Crippen LogP contribution is 2.28. The van der Waals surface area contributed by atoms with Crippen molar-refractivity contribution in [3.63, 3.8) is 0 Å². The van der Waals surface area contributed by atoms with E-state index in [4.69, 9.17) is 0 Å². The Labute approximate surface area is 168 Å². The molecule has 3 aromatic carbocycles. The molecule has 0 aliphatic carbocycles. The number of amides is 1. The van der Waals surface area contributed by atoms with Gasteiger partial charge < -0.3 is 0 Å². The molecule has 0 atom stereocenters. The van der Waals surface area contributed by atoms with Crippen LogP contribution in [-0.4, -0.2) is 10.9 Å². The SMILES string of the molecule is Cc1ccc(C)c(C(=O)Nc2nc(-c3ccc(-c4ccccc4)cc3)cs2)c1. The first-order valence-corrected chi connectivity index (χ1v) is 9.98. The monoisotopic (exact) mass is 384 g/mol. The van der Waals surface area contributed by atoms with Crippen LogP contribution in [0.3, 0.4) is 0 Å². The molecule has 4 aromatic rings. The number of aryl methyl sites for hydroxylation is 2. The van der Waals surface area contributed by atoms with Gasteiger partial charge in [-0.05, 0) is 36.6 Å². The van der Waals surface area contributed by atoms with Crippen molar-refractivity contribution in [1.82, 2.24) is 4.98 Å². The van der Waals surface area contributed by atoms with Crippen molar-refractivity contribution in [3.8, 4) is 22.4 Å². The Morgan fingerprint density at radius 2 is 1.54 bits per heavy atom.